The molecule has 0 aromatic rings. The third-order valence-electron chi connectivity index (χ3n) is 3.84. The lowest BCUT2D eigenvalue weighted by Gasteiger charge is -2.31. The zero-order valence-electron chi connectivity index (χ0n) is 8.05. The molecule has 3 unspecified atom stereocenters. The molecule has 1 aliphatic heterocycles. The molecule has 1 aliphatic carbocycles. The maximum absolute atomic E-state index is 5.90. The van der Waals surface area contributed by atoms with Gasteiger partial charge in [-0.2, -0.15) is 0 Å². The Morgan fingerprint density at radius 2 is 2.33 bits per heavy atom. The smallest absolute Gasteiger partial charge is 0.109 e. The van der Waals surface area contributed by atoms with Gasteiger partial charge in [-0.25, -0.2) is 0 Å². The van der Waals surface area contributed by atoms with Gasteiger partial charge in [-0.3, -0.25) is 0 Å². The van der Waals surface area contributed by atoms with Crippen LogP contribution in [0, 0.1) is 11.8 Å². The largest absolute Gasteiger partial charge is 0.381 e. The lowest BCUT2D eigenvalue weighted by Crippen LogP contribution is -2.33. The number of rotatable bonds is 2. The average Bonchev–Trinajstić information content (AvgIpc) is 2.41. The summed E-state index contributed by atoms with van der Waals surface area (Å²) < 4.78 is 5.88. The first-order valence-corrected chi connectivity index (χ1v) is 5.13. The highest BCUT2D eigenvalue weighted by atomic mass is 16.5. The van der Waals surface area contributed by atoms with Gasteiger partial charge in [0.25, 0.3) is 0 Å². The molecule has 2 bridgehead atoms. The van der Waals surface area contributed by atoms with Crippen molar-refractivity contribution in [3.8, 4) is 0 Å². The monoisotopic (exact) mass is 164 g/mol. The number of ether oxygens (including phenoxy) is 1. The summed E-state index contributed by atoms with van der Waals surface area (Å²) in [5.74, 6) is 1.32. The lowest BCUT2D eigenvalue weighted by molar-refractivity contribution is -0.0525. The Morgan fingerprint density at radius 3 is 2.75 bits per heavy atom. The molecule has 0 spiro atoms. The van der Waals surface area contributed by atoms with E-state index in [1.54, 1.807) is 0 Å². The molecule has 2 rings (SSSR count). The molecule has 0 amide bonds. The van der Waals surface area contributed by atoms with Gasteiger partial charge in [-0.1, -0.05) is 20.3 Å². The van der Waals surface area contributed by atoms with E-state index in [9.17, 15) is 0 Å². The Kier molecular flexibility index (Phi) is 1.98. The van der Waals surface area contributed by atoms with E-state index < -0.39 is 0 Å². The summed E-state index contributed by atoms with van der Waals surface area (Å²) >= 11 is 0. The maximum atomic E-state index is 5.90. The molecule has 0 aromatic carbocycles. The van der Waals surface area contributed by atoms with Gasteiger partial charge in [-0.05, 0) is 31.1 Å². The van der Waals surface area contributed by atoms with Crippen molar-refractivity contribution in [2.45, 2.75) is 51.1 Å². The first-order valence-electron chi connectivity index (χ1n) is 5.13. The van der Waals surface area contributed by atoms with Crippen LogP contribution in [0.5, 0.6) is 0 Å². The van der Waals surface area contributed by atoms with Gasteiger partial charge in [0.2, 0.25) is 0 Å². The van der Waals surface area contributed by atoms with Crippen molar-refractivity contribution in [3.05, 3.63) is 0 Å². The minimum absolute atomic E-state index is 0.0281. The van der Waals surface area contributed by atoms with Crippen LogP contribution in [0.4, 0.5) is 0 Å². The van der Waals surface area contributed by atoms with E-state index in [1.165, 1.54) is 25.7 Å². The fraction of sp³-hybridized carbons (Fsp3) is 1.00. The lowest BCUT2D eigenvalue weighted by atomic mass is 9.81. The van der Waals surface area contributed by atoms with Gasteiger partial charge in [-0.15, -0.1) is 0 Å². The van der Waals surface area contributed by atoms with Gasteiger partial charge in [0.05, 0.1) is 5.60 Å². The Labute approximate surface area is 76.3 Å². The van der Waals surface area contributed by atoms with E-state index in [1.807, 2.05) is 0 Å². The Morgan fingerprint density at radius 1 is 1.58 bits per heavy atom. The maximum Gasteiger partial charge on any atom is 0.109 e. The van der Waals surface area contributed by atoms with Crippen LogP contribution >= 0.6 is 0 Å². The number of fused-ring (bicyclic) bond motifs is 2. The fourth-order valence-corrected chi connectivity index (χ4v) is 3.09. The molecular formula is C10H17BO. The molecule has 0 N–H and O–H groups in total. The van der Waals surface area contributed by atoms with Crippen molar-refractivity contribution in [3.63, 3.8) is 0 Å². The molecule has 2 heteroatoms. The standard InChI is InChI=1S/C10H17BO/c1-3-5-10-6-4-8(7(10)2)9(11)12-10/h7-9H,3-6H2,1-2H3/t7?,8?,9?,10-/m0/s1. The van der Waals surface area contributed by atoms with Gasteiger partial charge >= 0.3 is 0 Å². The van der Waals surface area contributed by atoms with Crippen molar-refractivity contribution in [2.24, 2.45) is 11.8 Å². The number of hydrogen-bond donors (Lipinski definition) is 0. The second kappa shape index (κ2) is 2.76. The zero-order valence-corrected chi connectivity index (χ0v) is 8.05. The third-order valence-corrected chi connectivity index (χ3v) is 3.84. The van der Waals surface area contributed by atoms with E-state index in [-0.39, 0.29) is 11.6 Å². The first kappa shape index (κ1) is 8.62. The van der Waals surface area contributed by atoms with Crippen LogP contribution in [-0.4, -0.2) is 19.5 Å². The van der Waals surface area contributed by atoms with Crippen molar-refractivity contribution in [1.82, 2.24) is 0 Å². The molecule has 2 fully saturated rings. The summed E-state index contributed by atoms with van der Waals surface area (Å²) in [6.07, 6.45) is 4.92. The van der Waals surface area contributed by atoms with Crippen LogP contribution < -0.4 is 0 Å². The van der Waals surface area contributed by atoms with Crippen LogP contribution in [0.25, 0.3) is 0 Å². The summed E-state index contributed by atoms with van der Waals surface area (Å²) in [5.41, 5.74) is 0.166. The summed E-state index contributed by atoms with van der Waals surface area (Å²) in [7, 11) is 5.90. The molecular weight excluding hydrogens is 147 g/mol. The summed E-state index contributed by atoms with van der Waals surface area (Å²) in [6.45, 7) is 4.53. The van der Waals surface area contributed by atoms with Crippen molar-refractivity contribution in [1.29, 1.82) is 0 Å². The van der Waals surface area contributed by atoms with Crippen LogP contribution in [-0.2, 0) is 4.74 Å². The van der Waals surface area contributed by atoms with Crippen molar-refractivity contribution < 1.29 is 4.74 Å². The normalized spacial score (nSPS) is 51.7. The summed E-state index contributed by atoms with van der Waals surface area (Å²) in [4.78, 5) is 0. The topological polar surface area (TPSA) is 9.23 Å². The SMILES string of the molecule is [B]C1O[C@@]2(CCC)CCC1C2C. The highest BCUT2D eigenvalue weighted by molar-refractivity contribution is 6.11. The predicted octanol–water partition coefficient (Wildman–Crippen LogP) is 2.10. The first-order chi connectivity index (χ1) is 5.69. The molecule has 1 nitrogen and oxygen atoms in total. The van der Waals surface area contributed by atoms with E-state index >= 15 is 0 Å². The van der Waals surface area contributed by atoms with Crippen LogP contribution in [0.2, 0.25) is 0 Å². The van der Waals surface area contributed by atoms with Crippen LogP contribution in [0.1, 0.15) is 39.5 Å². The Hall–Kier alpha value is 0.0249. The second-order valence-corrected chi connectivity index (χ2v) is 4.39. The Bertz CT molecular complexity index is 183. The molecule has 0 aromatic heterocycles. The molecule has 2 aliphatic rings. The second-order valence-electron chi connectivity index (χ2n) is 4.39. The van der Waals surface area contributed by atoms with Gasteiger partial charge in [0.1, 0.15) is 7.85 Å². The van der Waals surface area contributed by atoms with E-state index in [4.69, 9.17) is 12.6 Å². The van der Waals surface area contributed by atoms with Gasteiger partial charge in [0.15, 0.2) is 0 Å². The highest BCUT2D eigenvalue weighted by Crippen LogP contribution is 2.53. The average molecular weight is 164 g/mol. The van der Waals surface area contributed by atoms with Gasteiger partial charge in [0, 0.05) is 6.00 Å². The van der Waals surface area contributed by atoms with E-state index in [0.29, 0.717) is 11.8 Å². The third kappa shape index (κ3) is 0.969. The van der Waals surface area contributed by atoms with E-state index in [2.05, 4.69) is 13.8 Å². The molecule has 1 saturated heterocycles. The minimum Gasteiger partial charge on any atom is -0.381 e. The van der Waals surface area contributed by atoms with Crippen LogP contribution in [0.3, 0.4) is 0 Å². The van der Waals surface area contributed by atoms with Crippen molar-refractivity contribution >= 4 is 7.85 Å². The summed E-state index contributed by atoms with van der Waals surface area (Å²) in [5, 5.41) is 0. The van der Waals surface area contributed by atoms with Gasteiger partial charge < -0.3 is 4.74 Å². The molecule has 1 heterocycles. The molecule has 2 radical (unpaired) electrons. The highest BCUT2D eigenvalue weighted by Gasteiger charge is 2.54. The predicted molar refractivity (Wildman–Crippen MR) is 50.2 cm³/mol. The fourth-order valence-electron chi connectivity index (χ4n) is 3.09. The molecule has 1 saturated carbocycles. The quantitative estimate of drug-likeness (QED) is 0.568. The zero-order chi connectivity index (χ0) is 8.77. The van der Waals surface area contributed by atoms with Crippen LogP contribution in [0.15, 0.2) is 0 Å². The minimum atomic E-state index is 0.0281. The van der Waals surface area contributed by atoms with Crippen molar-refractivity contribution in [2.75, 3.05) is 0 Å². The molecule has 66 valence electrons. The Balaban J connectivity index is 2.15. The molecule has 4 atom stereocenters. The molecule has 12 heavy (non-hydrogen) atoms. The summed E-state index contributed by atoms with van der Waals surface area (Å²) in [6, 6.07) is 0.0281. The van der Waals surface area contributed by atoms with E-state index in [0.717, 1.165) is 0 Å². The number of hydrogen-bond acceptors (Lipinski definition) is 1.